The molecule has 126 valence electrons. The first-order chi connectivity index (χ1) is 10.8. The summed E-state index contributed by atoms with van der Waals surface area (Å²) in [5.41, 5.74) is 1.83. The maximum Gasteiger partial charge on any atom is 0.401 e. The second kappa shape index (κ2) is 7.64. The number of hydrogen-bond acceptors (Lipinski definition) is 2. The first-order valence-electron chi connectivity index (χ1n) is 7.64. The van der Waals surface area contributed by atoms with E-state index in [1.165, 1.54) is 11.0 Å². The fourth-order valence-electron chi connectivity index (χ4n) is 2.75. The summed E-state index contributed by atoms with van der Waals surface area (Å²) < 4.78 is 37.0. The van der Waals surface area contributed by atoms with E-state index >= 15 is 0 Å². The van der Waals surface area contributed by atoms with Crippen molar-refractivity contribution in [3.05, 3.63) is 42.0 Å². The molecule has 0 aliphatic carbocycles. The van der Waals surface area contributed by atoms with Crippen LogP contribution < -0.4 is 5.32 Å². The molecule has 1 fully saturated rings. The molecular formula is C17H21F3N2O. The van der Waals surface area contributed by atoms with E-state index in [1.807, 2.05) is 37.3 Å². The van der Waals surface area contributed by atoms with Gasteiger partial charge in [0.15, 0.2) is 0 Å². The Kier molecular flexibility index (Phi) is 5.82. The minimum atomic E-state index is -4.16. The quantitative estimate of drug-likeness (QED) is 0.844. The molecule has 1 atom stereocenters. The molecule has 1 heterocycles. The Morgan fingerprint density at radius 1 is 1.35 bits per heavy atom. The van der Waals surface area contributed by atoms with E-state index in [4.69, 9.17) is 0 Å². The van der Waals surface area contributed by atoms with Crippen LogP contribution in [0.4, 0.5) is 13.2 Å². The number of nitrogens with zero attached hydrogens (tertiary/aromatic N) is 1. The van der Waals surface area contributed by atoms with Gasteiger partial charge >= 0.3 is 6.18 Å². The summed E-state index contributed by atoms with van der Waals surface area (Å²) in [5, 5.41) is 2.79. The Bertz CT molecular complexity index is 555. The van der Waals surface area contributed by atoms with Crippen LogP contribution in [0.3, 0.4) is 0 Å². The van der Waals surface area contributed by atoms with Gasteiger partial charge in [0.1, 0.15) is 0 Å². The summed E-state index contributed by atoms with van der Waals surface area (Å²) in [7, 11) is 0. The van der Waals surface area contributed by atoms with Gasteiger partial charge in [0.2, 0.25) is 5.91 Å². The average molecular weight is 326 g/mol. The largest absolute Gasteiger partial charge is 0.401 e. The highest BCUT2D eigenvalue weighted by atomic mass is 19.4. The summed E-state index contributed by atoms with van der Waals surface area (Å²) in [5.74, 6) is -0.132. The van der Waals surface area contributed by atoms with Crippen LogP contribution in [0, 0.1) is 5.92 Å². The van der Waals surface area contributed by atoms with Crippen molar-refractivity contribution in [3.8, 4) is 0 Å². The van der Waals surface area contributed by atoms with Gasteiger partial charge in [-0.3, -0.25) is 9.69 Å². The molecule has 1 unspecified atom stereocenters. The molecule has 1 aliphatic rings. The predicted octanol–water partition coefficient (Wildman–Crippen LogP) is 3.09. The van der Waals surface area contributed by atoms with Gasteiger partial charge in [0.25, 0.3) is 0 Å². The highest BCUT2D eigenvalue weighted by molar-refractivity contribution is 5.94. The van der Waals surface area contributed by atoms with Crippen LogP contribution in [0.15, 0.2) is 36.4 Å². The molecule has 1 N–H and O–H groups in total. The standard InChI is InChI=1S/C17H21F3N2O/c1-13(15-5-3-2-4-6-15)9-16(23)21-10-14-7-8-22(11-14)12-17(18,19)20/h2-6,9,14H,7-8,10-12H2,1H3,(H,21,23). The maximum absolute atomic E-state index is 12.3. The summed E-state index contributed by atoms with van der Waals surface area (Å²) in [6, 6.07) is 9.55. The van der Waals surface area contributed by atoms with E-state index in [-0.39, 0.29) is 11.8 Å². The number of carbonyl (C=O) groups is 1. The molecule has 1 aromatic rings. The molecule has 0 bridgehead atoms. The minimum absolute atomic E-state index is 0.0757. The van der Waals surface area contributed by atoms with Crippen molar-refractivity contribution in [1.82, 2.24) is 10.2 Å². The lowest BCUT2D eigenvalue weighted by Gasteiger charge is -2.17. The van der Waals surface area contributed by atoms with Gasteiger partial charge in [0, 0.05) is 19.2 Å². The Balaban J connectivity index is 1.77. The lowest BCUT2D eigenvalue weighted by Crippen LogP contribution is -2.34. The number of allylic oxidation sites excluding steroid dienone is 1. The highest BCUT2D eigenvalue weighted by Gasteiger charge is 2.34. The zero-order valence-electron chi connectivity index (χ0n) is 13.1. The van der Waals surface area contributed by atoms with Crippen LogP contribution in [0.2, 0.25) is 0 Å². The zero-order chi connectivity index (χ0) is 16.9. The Hall–Kier alpha value is -1.82. The Labute approximate surface area is 134 Å². The summed E-state index contributed by atoms with van der Waals surface area (Å²) >= 11 is 0. The minimum Gasteiger partial charge on any atom is -0.352 e. The van der Waals surface area contributed by atoms with Crippen LogP contribution in [-0.4, -0.2) is 43.2 Å². The molecule has 0 aromatic heterocycles. The fourth-order valence-corrected chi connectivity index (χ4v) is 2.75. The molecule has 23 heavy (non-hydrogen) atoms. The SMILES string of the molecule is CC(=CC(=O)NCC1CCN(CC(F)(F)F)C1)c1ccccc1. The normalized spacial score (nSPS) is 19.8. The van der Waals surface area contributed by atoms with Crippen molar-refractivity contribution in [2.24, 2.45) is 5.92 Å². The third-order valence-electron chi connectivity index (χ3n) is 3.91. The van der Waals surface area contributed by atoms with Gasteiger partial charge in [-0.2, -0.15) is 13.2 Å². The molecular weight excluding hydrogens is 305 g/mol. The highest BCUT2D eigenvalue weighted by Crippen LogP contribution is 2.22. The Morgan fingerprint density at radius 2 is 2.04 bits per heavy atom. The van der Waals surface area contributed by atoms with Gasteiger partial charge < -0.3 is 5.32 Å². The van der Waals surface area contributed by atoms with Crippen molar-refractivity contribution >= 4 is 11.5 Å². The summed E-state index contributed by atoms with van der Waals surface area (Å²) in [6.45, 7) is 2.20. The topological polar surface area (TPSA) is 32.3 Å². The number of carbonyl (C=O) groups excluding carboxylic acids is 1. The molecule has 1 saturated heterocycles. The zero-order valence-corrected chi connectivity index (χ0v) is 13.1. The summed E-state index contributed by atoms with van der Waals surface area (Å²) in [4.78, 5) is 13.3. The van der Waals surface area contributed by atoms with Crippen molar-refractivity contribution < 1.29 is 18.0 Å². The first-order valence-corrected chi connectivity index (χ1v) is 7.64. The van der Waals surface area contributed by atoms with Crippen molar-refractivity contribution in [1.29, 1.82) is 0 Å². The number of nitrogens with one attached hydrogen (secondary N) is 1. The Morgan fingerprint density at radius 3 is 2.70 bits per heavy atom. The number of rotatable bonds is 5. The van der Waals surface area contributed by atoms with E-state index in [9.17, 15) is 18.0 Å². The molecule has 2 rings (SSSR count). The second-order valence-corrected chi connectivity index (χ2v) is 5.94. The number of amides is 1. The lowest BCUT2D eigenvalue weighted by molar-refractivity contribution is -0.143. The van der Waals surface area contributed by atoms with E-state index < -0.39 is 12.7 Å². The molecule has 3 nitrogen and oxygen atoms in total. The van der Waals surface area contributed by atoms with Crippen LogP contribution in [0.25, 0.3) is 5.57 Å². The van der Waals surface area contributed by atoms with Crippen molar-refractivity contribution in [3.63, 3.8) is 0 Å². The molecule has 0 radical (unpaired) electrons. The van der Waals surface area contributed by atoms with Crippen molar-refractivity contribution in [2.75, 3.05) is 26.2 Å². The van der Waals surface area contributed by atoms with Gasteiger partial charge in [-0.15, -0.1) is 0 Å². The van der Waals surface area contributed by atoms with E-state index in [0.29, 0.717) is 26.1 Å². The van der Waals surface area contributed by atoms with Gasteiger partial charge in [0.05, 0.1) is 6.54 Å². The molecule has 1 aromatic carbocycles. The van der Waals surface area contributed by atoms with Crippen LogP contribution in [0.5, 0.6) is 0 Å². The molecule has 6 heteroatoms. The van der Waals surface area contributed by atoms with E-state index in [0.717, 1.165) is 11.1 Å². The lowest BCUT2D eigenvalue weighted by atomic mass is 10.1. The van der Waals surface area contributed by atoms with Crippen LogP contribution >= 0.6 is 0 Å². The first kappa shape index (κ1) is 17.5. The fraction of sp³-hybridized carbons (Fsp3) is 0.471. The molecule has 1 aliphatic heterocycles. The number of benzene rings is 1. The van der Waals surface area contributed by atoms with E-state index in [1.54, 1.807) is 0 Å². The monoisotopic (exact) mass is 326 g/mol. The van der Waals surface area contributed by atoms with Gasteiger partial charge in [-0.25, -0.2) is 0 Å². The number of alkyl halides is 3. The van der Waals surface area contributed by atoms with E-state index in [2.05, 4.69) is 5.32 Å². The third kappa shape index (κ3) is 6.06. The summed E-state index contributed by atoms with van der Waals surface area (Å²) in [6.07, 6.45) is -1.96. The van der Waals surface area contributed by atoms with Gasteiger partial charge in [-0.05, 0) is 36.9 Å². The number of halogens is 3. The van der Waals surface area contributed by atoms with Crippen molar-refractivity contribution in [2.45, 2.75) is 19.5 Å². The third-order valence-corrected chi connectivity index (χ3v) is 3.91. The number of hydrogen-bond donors (Lipinski definition) is 1. The van der Waals surface area contributed by atoms with Gasteiger partial charge in [-0.1, -0.05) is 30.3 Å². The molecule has 1 amide bonds. The average Bonchev–Trinajstić information content (AvgIpc) is 2.91. The molecule has 0 saturated carbocycles. The van der Waals surface area contributed by atoms with Crippen LogP contribution in [-0.2, 0) is 4.79 Å². The maximum atomic E-state index is 12.3. The van der Waals surface area contributed by atoms with Crippen LogP contribution in [0.1, 0.15) is 18.9 Å². The smallest absolute Gasteiger partial charge is 0.352 e. The molecule has 0 spiro atoms. The second-order valence-electron chi connectivity index (χ2n) is 5.94. The predicted molar refractivity (Wildman–Crippen MR) is 83.7 cm³/mol. The number of likely N-dealkylation sites (tertiary alicyclic amines) is 1.